The van der Waals surface area contributed by atoms with E-state index in [4.69, 9.17) is 4.74 Å². The third-order valence-corrected chi connectivity index (χ3v) is 4.78. The molecule has 0 saturated carbocycles. The predicted octanol–water partition coefficient (Wildman–Crippen LogP) is 3.88. The molecule has 0 aliphatic rings. The van der Waals surface area contributed by atoms with Crippen LogP contribution in [0.3, 0.4) is 0 Å². The average molecular weight is 497 g/mol. The highest BCUT2D eigenvalue weighted by Crippen LogP contribution is 2.31. The van der Waals surface area contributed by atoms with Crippen LogP contribution in [0.1, 0.15) is 17.3 Å². The van der Waals surface area contributed by atoms with Crippen LogP contribution in [-0.4, -0.2) is 37.6 Å². The first-order valence-corrected chi connectivity index (χ1v) is 9.73. The molecule has 1 atom stereocenters. The highest BCUT2D eigenvalue weighted by Gasteiger charge is 2.39. The van der Waals surface area contributed by atoms with E-state index in [-0.39, 0.29) is 5.65 Å². The number of amides is 1. The fourth-order valence-electron chi connectivity index (χ4n) is 3.01. The molecule has 1 amide bonds. The minimum absolute atomic E-state index is 0.000115. The number of nitrogens with one attached hydrogen (secondary N) is 1. The first-order valence-electron chi connectivity index (χ1n) is 9.73. The number of nitrogens with zero attached hydrogens (tertiary/aromatic N) is 4. The Hall–Kier alpha value is -4.36. The number of hydrogen-bond donors (Lipinski definition) is 1. The molecular weight excluding hydrogens is 484 g/mol. The van der Waals surface area contributed by atoms with Crippen LogP contribution in [0.15, 0.2) is 53.5 Å². The zero-order valence-electron chi connectivity index (χ0n) is 17.5. The van der Waals surface area contributed by atoms with Crippen molar-refractivity contribution in [3.8, 4) is 11.4 Å². The van der Waals surface area contributed by atoms with Gasteiger partial charge in [-0.15, -0.1) is 5.10 Å². The molecular formula is C21H13F6N5O3. The summed E-state index contributed by atoms with van der Waals surface area (Å²) in [6.45, 7) is 0.627. The van der Waals surface area contributed by atoms with Crippen LogP contribution in [0.5, 0.6) is 5.75 Å². The third-order valence-electron chi connectivity index (χ3n) is 4.78. The Morgan fingerprint density at radius 1 is 1.06 bits per heavy atom. The van der Waals surface area contributed by atoms with E-state index >= 15 is 4.39 Å². The fourth-order valence-corrected chi connectivity index (χ4v) is 3.01. The molecule has 0 aliphatic heterocycles. The number of aromatic nitrogens is 4. The zero-order chi connectivity index (χ0) is 25.5. The van der Waals surface area contributed by atoms with Gasteiger partial charge in [-0.1, -0.05) is 6.07 Å². The number of ether oxygens (including phenoxy) is 1. The second-order valence-electron chi connectivity index (χ2n) is 7.14. The van der Waals surface area contributed by atoms with Gasteiger partial charge >= 0.3 is 11.9 Å². The monoisotopic (exact) mass is 497 g/mol. The lowest BCUT2D eigenvalue weighted by Crippen LogP contribution is -2.32. The van der Waals surface area contributed by atoms with Crippen molar-refractivity contribution in [3.63, 3.8) is 0 Å². The van der Waals surface area contributed by atoms with Gasteiger partial charge in [-0.05, 0) is 37.3 Å². The van der Waals surface area contributed by atoms with Crippen LogP contribution in [-0.2, 0) is 0 Å². The summed E-state index contributed by atoms with van der Waals surface area (Å²) in [6.07, 6.45) is -6.10. The number of hydrogen-bond acceptors (Lipinski definition) is 5. The summed E-state index contributed by atoms with van der Waals surface area (Å²) < 4.78 is 88.5. The van der Waals surface area contributed by atoms with Gasteiger partial charge < -0.3 is 10.1 Å². The van der Waals surface area contributed by atoms with E-state index in [0.717, 1.165) is 22.7 Å². The molecule has 4 rings (SSSR count). The maximum Gasteiger partial charge on any atom is 0.425 e. The Bertz CT molecular complexity index is 1480. The predicted molar refractivity (Wildman–Crippen MR) is 109 cm³/mol. The van der Waals surface area contributed by atoms with Crippen molar-refractivity contribution >= 4 is 17.2 Å². The molecule has 0 unspecified atom stereocenters. The maximum absolute atomic E-state index is 15.0. The van der Waals surface area contributed by atoms with Crippen molar-refractivity contribution < 1.29 is 35.9 Å². The molecule has 1 N–H and O–H groups in total. The molecule has 0 radical (unpaired) electrons. The number of carbonyl (C=O) groups excluding carboxylic acids is 1. The van der Waals surface area contributed by atoms with Crippen LogP contribution < -0.4 is 15.7 Å². The van der Waals surface area contributed by atoms with Crippen LogP contribution in [0.25, 0.3) is 11.3 Å². The lowest BCUT2D eigenvalue weighted by atomic mass is 10.1. The third kappa shape index (κ3) is 4.54. The minimum atomic E-state index is -4.89. The van der Waals surface area contributed by atoms with E-state index in [0.29, 0.717) is 23.7 Å². The minimum Gasteiger partial charge on any atom is -0.480 e. The molecule has 2 aromatic carbocycles. The van der Waals surface area contributed by atoms with Gasteiger partial charge in [0.2, 0.25) is 0 Å². The molecule has 182 valence electrons. The number of anilines is 1. The second-order valence-corrected chi connectivity index (χ2v) is 7.14. The molecule has 0 spiro atoms. The van der Waals surface area contributed by atoms with Crippen molar-refractivity contribution in [1.29, 1.82) is 0 Å². The summed E-state index contributed by atoms with van der Waals surface area (Å²) in [6, 6.07) is 6.61. The first-order chi connectivity index (χ1) is 16.5. The zero-order valence-corrected chi connectivity index (χ0v) is 17.5. The molecule has 0 bridgehead atoms. The van der Waals surface area contributed by atoms with E-state index in [1.165, 1.54) is 18.3 Å². The molecule has 8 nitrogen and oxygen atoms in total. The SMILES string of the molecule is C[C@H](Oc1cc(-n2nc3cccnn3c2=O)c(F)cc1C(=O)Nc1c(F)cccc1F)C(F)(F)F. The molecule has 2 heterocycles. The molecule has 35 heavy (non-hydrogen) atoms. The fraction of sp³-hybridized carbons (Fsp3) is 0.143. The van der Waals surface area contributed by atoms with Crippen LogP contribution in [0.4, 0.5) is 32.0 Å². The van der Waals surface area contributed by atoms with Crippen LogP contribution in [0, 0.1) is 17.5 Å². The van der Waals surface area contributed by atoms with Crippen molar-refractivity contribution in [3.05, 3.63) is 82.2 Å². The van der Waals surface area contributed by atoms with Crippen molar-refractivity contribution in [2.75, 3.05) is 5.32 Å². The Kier molecular flexibility index (Phi) is 5.96. The number of carbonyl (C=O) groups is 1. The van der Waals surface area contributed by atoms with Crippen molar-refractivity contribution in [2.24, 2.45) is 0 Å². The summed E-state index contributed by atoms with van der Waals surface area (Å²) in [7, 11) is 0. The molecule has 14 heteroatoms. The highest BCUT2D eigenvalue weighted by atomic mass is 19.4. The number of para-hydroxylation sites is 1. The number of halogens is 6. The lowest BCUT2D eigenvalue weighted by molar-refractivity contribution is -0.189. The summed E-state index contributed by atoms with van der Waals surface area (Å²) >= 11 is 0. The Balaban J connectivity index is 1.84. The molecule has 4 aromatic rings. The van der Waals surface area contributed by atoms with Gasteiger partial charge in [-0.25, -0.2) is 18.0 Å². The number of rotatable bonds is 5. The van der Waals surface area contributed by atoms with Crippen molar-refractivity contribution in [1.82, 2.24) is 19.4 Å². The van der Waals surface area contributed by atoms with Gasteiger partial charge in [0.05, 0.1) is 5.56 Å². The molecule has 0 fully saturated rings. The van der Waals surface area contributed by atoms with E-state index in [2.05, 4.69) is 10.2 Å². The van der Waals surface area contributed by atoms with Gasteiger partial charge in [0.15, 0.2) is 11.8 Å². The van der Waals surface area contributed by atoms with Gasteiger partial charge in [0.1, 0.15) is 34.6 Å². The van der Waals surface area contributed by atoms with E-state index in [1.807, 2.05) is 5.32 Å². The molecule has 0 aliphatic carbocycles. The summed E-state index contributed by atoms with van der Waals surface area (Å²) in [5, 5.41) is 9.47. The van der Waals surface area contributed by atoms with E-state index in [1.54, 1.807) is 0 Å². The van der Waals surface area contributed by atoms with E-state index in [9.17, 15) is 31.5 Å². The molecule has 0 saturated heterocycles. The normalized spacial score (nSPS) is 12.5. The maximum atomic E-state index is 15.0. The quantitative estimate of drug-likeness (QED) is 0.423. The first kappa shape index (κ1) is 23.8. The Morgan fingerprint density at radius 3 is 2.37 bits per heavy atom. The standard InChI is InChI=1S/C21H13F6N5O3/c1-10(21(25,26)27)35-16-9-15(31-20(34)32-17(30-31)6-3-7-28-32)14(24)8-11(16)19(33)29-18-12(22)4-2-5-13(18)23/h2-10H,1H3,(H,29,33)/t10-/m0/s1. The Morgan fingerprint density at radius 2 is 1.74 bits per heavy atom. The van der Waals surface area contributed by atoms with Gasteiger partial charge in [-0.2, -0.15) is 27.5 Å². The van der Waals surface area contributed by atoms with Crippen molar-refractivity contribution in [2.45, 2.75) is 19.2 Å². The van der Waals surface area contributed by atoms with Crippen LogP contribution in [0.2, 0.25) is 0 Å². The van der Waals surface area contributed by atoms with Gasteiger partial charge in [0.25, 0.3) is 5.91 Å². The lowest BCUT2D eigenvalue weighted by Gasteiger charge is -2.20. The van der Waals surface area contributed by atoms with E-state index < -0.39 is 64.0 Å². The number of alkyl halides is 3. The summed E-state index contributed by atoms with van der Waals surface area (Å²) in [5.74, 6) is -5.80. The highest BCUT2D eigenvalue weighted by molar-refractivity contribution is 6.06. The molecule has 2 aromatic heterocycles. The smallest absolute Gasteiger partial charge is 0.425 e. The summed E-state index contributed by atoms with van der Waals surface area (Å²) in [4.78, 5) is 25.3. The number of benzene rings is 2. The van der Waals surface area contributed by atoms with Gasteiger partial charge in [-0.3, -0.25) is 4.79 Å². The largest absolute Gasteiger partial charge is 0.480 e. The van der Waals surface area contributed by atoms with Gasteiger partial charge in [0, 0.05) is 12.3 Å². The summed E-state index contributed by atoms with van der Waals surface area (Å²) in [5.41, 5.74) is -3.34. The average Bonchev–Trinajstić information content (AvgIpc) is 3.13. The number of fused-ring (bicyclic) bond motifs is 1. The Labute approximate surface area is 191 Å². The van der Waals surface area contributed by atoms with Crippen LogP contribution >= 0.6 is 0 Å². The topological polar surface area (TPSA) is 90.5 Å². The second kappa shape index (κ2) is 8.77.